The number of likely N-dealkylation sites (N-methyl/N-ethyl adjacent to an activating group) is 1. The van der Waals surface area contributed by atoms with Crippen molar-refractivity contribution in [3.05, 3.63) is 65.5 Å². The molecule has 0 radical (unpaired) electrons. The fourth-order valence-electron chi connectivity index (χ4n) is 4.47. The van der Waals surface area contributed by atoms with E-state index >= 15 is 0 Å². The number of rotatable bonds is 10. The standard InChI is InChI=1S/C29H30N4O3S2/c1-5-32(6-2)13-14-33(29-31-23-17-24(35-3)25(36-4)18-27(23)38-29)28(34)20-16-22(26-12-9-15-37-26)30-21-11-8-7-10-19(20)21/h7-12,15-18H,5-6,13-14H2,1-4H3. The Kier molecular flexibility index (Phi) is 7.87. The van der Waals surface area contributed by atoms with E-state index in [4.69, 9.17) is 19.4 Å². The van der Waals surface area contributed by atoms with Crippen molar-refractivity contribution in [2.45, 2.75) is 13.8 Å². The molecule has 0 spiro atoms. The molecule has 0 bridgehead atoms. The maximum absolute atomic E-state index is 14.4. The van der Waals surface area contributed by atoms with Crippen molar-refractivity contribution in [3.63, 3.8) is 0 Å². The van der Waals surface area contributed by atoms with Gasteiger partial charge < -0.3 is 14.4 Å². The first-order valence-corrected chi connectivity index (χ1v) is 14.3. The van der Waals surface area contributed by atoms with Gasteiger partial charge in [0.2, 0.25) is 0 Å². The van der Waals surface area contributed by atoms with Crippen LogP contribution >= 0.6 is 22.7 Å². The number of ether oxygens (including phenoxy) is 2. The third-order valence-corrected chi connectivity index (χ3v) is 8.55. The lowest BCUT2D eigenvalue weighted by Gasteiger charge is -2.25. The number of benzene rings is 2. The summed E-state index contributed by atoms with van der Waals surface area (Å²) in [6.07, 6.45) is 0. The normalized spacial score (nSPS) is 11.4. The number of thiophene rings is 1. The van der Waals surface area contributed by atoms with Crippen LogP contribution in [0.3, 0.4) is 0 Å². The molecule has 3 heterocycles. The van der Waals surface area contributed by atoms with E-state index in [9.17, 15) is 4.79 Å². The Morgan fingerprint density at radius 1 is 0.895 bits per heavy atom. The largest absolute Gasteiger partial charge is 0.493 e. The molecule has 5 aromatic rings. The average molecular weight is 547 g/mol. The van der Waals surface area contributed by atoms with E-state index < -0.39 is 0 Å². The van der Waals surface area contributed by atoms with Crippen LogP contribution in [0.15, 0.2) is 60.0 Å². The lowest BCUT2D eigenvalue weighted by Crippen LogP contribution is -2.39. The molecule has 0 fully saturated rings. The van der Waals surface area contributed by atoms with Crippen LogP contribution in [0, 0.1) is 0 Å². The Morgan fingerprint density at radius 2 is 1.66 bits per heavy atom. The minimum absolute atomic E-state index is 0.0912. The third kappa shape index (κ3) is 5.09. The number of nitrogens with zero attached hydrogens (tertiary/aromatic N) is 4. The van der Waals surface area contributed by atoms with E-state index in [2.05, 4.69) is 18.7 Å². The van der Waals surface area contributed by atoms with Gasteiger partial charge in [-0.05, 0) is 36.7 Å². The van der Waals surface area contributed by atoms with Crippen LogP contribution in [0.5, 0.6) is 11.5 Å². The Morgan fingerprint density at radius 3 is 2.37 bits per heavy atom. The van der Waals surface area contributed by atoms with E-state index in [1.165, 1.54) is 11.3 Å². The number of pyridine rings is 1. The van der Waals surface area contributed by atoms with Gasteiger partial charge >= 0.3 is 0 Å². The maximum Gasteiger partial charge on any atom is 0.260 e. The molecule has 1 amide bonds. The van der Waals surface area contributed by atoms with Crippen molar-refractivity contribution in [1.82, 2.24) is 14.9 Å². The number of anilines is 1. The van der Waals surface area contributed by atoms with Gasteiger partial charge in [0.1, 0.15) is 0 Å². The second-order valence-electron chi connectivity index (χ2n) is 8.70. The molecule has 0 saturated carbocycles. The van der Waals surface area contributed by atoms with Gasteiger partial charge in [-0.15, -0.1) is 11.3 Å². The number of carbonyl (C=O) groups excluding carboxylic acids is 1. The minimum Gasteiger partial charge on any atom is -0.493 e. The molecular formula is C29H30N4O3S2. The van der Waals surface area contributed by atoms with Gasteiger partial charge in [-0.25, -0.2) is 9.97 Å². The van der Waals surface area contributed by atoms with Crippen molar-refractivity contribution in [1.29, 1.82) is 0 Å². The van der Waals surface area contributed by atoms with Gasteiger partial charge in [0, 0.05) is 30.6 Å². The molecule has 3 aromatic heterocycles. The van der Waals surface area contributed by atoms with Crippen molar-refractivity contribution < 1.29 is 14.3 Å². The van der Waals surface area contributed by atoms with Crippen LogP contribution in [0.25, 0.3) is 31.7 Å². The molecule has 0 N–H and O–H groups in total. The van der Waals surface area contributed by atoms with Crippen molar-refractivity contribution in [3.8, 4) is 22.1 Å². The predicted octanol–water partition coefficient (Wildman–Crippen LogP) is 6.58. The van der Waals surface area contributed by atoms with Gasteiger partial charge in [0.05, 0.1) is 46.1 Å². The van der Waals surface area contributed by atoms with Crippen LogP contribution in [-0.2, 0) is 0 Å². The molecular weight excluding hydrogens is 516 g/mol. The highest BCUT2D eigenvalue weighted by molar-refractivity contribution is 7.22. The monoisotopic (exact) mass is 546 g/mol. The summed E-state index contributed by atoms with van der Waals surface area (Å²) in [6, 6.07) is 17.5. The topological polar surface area (TPSA) is 67.8 Å². The average Bonchev–Trinajstić information content (AvgIpc) is 3.64. The molecule has 0 atom stereocenters. The number of aromatic nitrogens is 2. The molecule has 0 aliphatic carbocycles. The van der Waals surface area contributed by atoms with Gasteiger partial charge in [0.25, 0.3) is 5.91 Å². The Hall–Kier alpha value is -3.53. The number of thiazole rings is 1. The maximum atomic E-state index is 14.4. The van der Waals surface area contributed by atoms with Gasteiger partial charge in [0.15, 0.2) is 16.6 Å². The lowest BCUT2D eigenvalue weighted by molar-refractivity contribution is 0.0985. The van der Waals surface area contributed by atoms with Crippen LogP contribution in [0.1, 0.15) is 24.2 Å². The molecule has 7 nitrogen and oxygen atoms in total. The predicted molar refractivity (Wildman–Crippen MR) is 157 cm³/mol. The molecule has 2 aromatic carbocycles. The second kappa shape index (κ2) is 11.5. The summed E-state index contributed by atoms with van der Waals surface area (Å²) >= 11 is 3.09. The highest BCUT2D eigenvalue weighted by Crippen LogP contribution is 2.38. The Bertz CT molecular complexity index is 1520. The van der Waals surface area contributed by atoms with E-state index in [-0.39, 0.29) is 5.91 Å². The summed E-state index contributed by atoms with van der Waals surface area (Å²) in [4.78, 5) is 29.3. The first-order chi connectivity index (χ1) is 18.6. The first-order valence-electron chi connectivity index (χ1n) is 12.6. The van der Waals surface area contributed by atoms with Gasteiger partial charge in [-0.3, -0.25) is 9.69 Å². The van der Waals surface area contributed by atoms with E-state index in [0.717, 1.165) is 51.3 Å². The highest BCUT2D eigenvalue weighted by atomic mass is 32.1. The van der Waals surface area contributed by atoms with Crippen molar-refractivity contribution in [2.75, 3.05) is 45.3 Å². The van der Waals surface area contributed by atoms with E-state index in [1.807, 2.05) is 64.9 Å². The molecule has 9 heteroatoms. The Labute approximate surface area is 230 Å². The number of hydrogen-bond acceptors (Lipinski definition) is 8. The fourth-order valence-corrected chi connectivity index (χ4v) is 6.16. The fraction of sp³-hybridized carbons (Fsp3) is 0.276. The zero-order chi connectivity index (χ0) is 26.6. The summed E-state index contributed by atoms with van der Waals surface area (Å²) in [7, 11) is 3.22. The quantitative estimate of drug-likeness (QED) is 0.197. The van der Waals surface area contributed by atoms with E-state index in [1.54, 1.807) is 25.6 Å². The van der Waals surface area contributed by atoms with Crippen LogP contribution < -0.4 is 14.4 Å². The SMILES string of the molecule is CCN(CC)CCN(C(=O)c1cc(-c2cccs2)nc2ccccc12)c1nc2cc(OC)c(OC)cc2s1. The lowest BCUT2D eigenvalue weighted by atomic mass is 10.1. The van der Waals surface area contributed by atoms with Gasteiger partial charge in [-0.2, -0.15) is 0 Å². The minimum atomic E-state index is -0.0912. The number of fused-ring (bicyclic) bond motifs is 2. The number of hydrogen-bond donors (Lipinski definition) is 0. The number of para-hydroxylation sites is 1. The number of methoxy groups -OCH3 is 2. The molecule has 196 valence electrons. The van der Waals surface area contributed by atoms with Gasteiger partial charge in [-0.1, -0.05) is 49.4 Å². The van der Waals surface area contributed by atoms with E-state index in [0.29, 0.717) is 28.7 Å². The first kappa shape index (κ1) is 26.1. The highest BCUT2D eigenvalue weighted by Gasteiger charge is 2.25. The summed E-state index contributed by atoms with van der Waals surface area (Å²) in [5, 5.41) is 3.49. The molecule has 38 heavy (non-hydrogen) atoms. The summed E-state index contributed by atoms with van der Waals surface area (Å²) < 4.78 is 11.9. The summed E-state index contributed by atoms with van der Waals surface area (Å²) in [5.41, 5.74) is 2.98. The second-order valence-corrected chi connectivity index (χ2v) is 10.7. The van der Waals surface area contributed by atoms with Crippen LogP contribution in [0.2, 0.25) is 0 Å². The molecule has 0 saturated heterocycles. The van der Waals surface area contributed by atoms with Crippen molar-refractivity contribution in [2.24, 2.45) is 0 Å². The zero-order valence-corrected chi connectivity index (χ0v) is 23.6. The molecule has 0 unspecified atom stereocenters. The number of carbonyl (C=O) groups is 1. The molecule has 0 aliphatic heterocycles. The molecule has 0 aliphatic rings. The number of amides is 1. The zero-order valence-electron chi connectivity index (χ0n) is 21.9. The summed E-state index contributed by atoms with van der Waals surface area (Å²) in [6.45, 7) is 7.34. The Balaban J connectivity index is 1.63. The summed E-state index contributed by atoms with van der Waals surface area (Å²) in [5.74, 6) is 1.15. The molecule has 5 rings (SSSR count). The van der Waals surface area contributed by atoms with Crippen molar-refractivity contribution >= 4 is 54.8 Å². The van der Waals surface area contributed by atoms with Crippen LogP contribution in [-0.4, -0.2) is 61.2 Å². The van der Waals surface area contributed by atoms with Crippen LogP contribution in [0.4, 0.5) is 5.13 Å². The smallest absolute Gasteiger partial charge is 0.260 e. The third-order valence-electron chi connectivity index (χ3n) is 6.61.